The number of halogens is 1. The molecule has 2 aromatic heterocycles. The number of ether oxygens (including phenoxy) is 3. The van der Waals surface area contributed by atoms with Crippen molar-refractivity contribution in [2.45, 2.75) is 51.2 Å². The number of methoxy groups -OCH3 is 2. The summed E-state index contributed by atoms with van der Waals surface area (Å²) in [6.07, 6.45) is 5.94. The van der Waals surface area contributed by atoms with E-state index in [9.17, 15) is 9.18 Å². The van der Waals surface area contributed by atoms with E-state index in [0.717, 1.165) is 62.7 Å². The molecular weight excluding hydrogens is 657 g/mol. The first-order chi connectivity index (χ1) is 25.3. The number of fused-ring (bicyclic) bond motifs is 1. The van der Waals surface area contributed by atoms with Gasteiger partial charge in [-0.2, -0.15) is 0 Å². The van der Waals surface area contributed by atoms with Crippen molar-refractivity contribution >= 4 is 23.0 Å². The molecule has 4 heterocycles. The van der Waals surface area contributed by atoms with Crippen LogP contribution in [0.15, 0.2) is 79.1 Å². The van der Waals surface area contributed by atoms with E-state index < -0.39 is 5.82 Å². The van der Waals surface area contributed by atoms with Crippen molar-refractivity contribution in [2.24, 2.45) is 5.41 Å². The van der Waals surface area contributed by atoms with Gasteiger partial charge in [0.2, 0.25) is 0 Å². The molecule has 1 aliphatic carbocycles. The average Bonchev–Trinajstić information content (AvgIpc) is 3.50. The zero-order valence-corrected chi connectivity index (χ0v) is 30.3. The summed E-state index contributed by atoms with van der Waals surface area (Å²) < 4.78 is 31.4. The molecule has 2 saturated heterocycles. The lowest BCUT2D eigenvalue weighted by Crippen LogP contribution is -2.68. The van der Waals surface area contributed by atoms with Gasteiger partial charge >= 0.3 is 0 Å². The number of aldehydes is 1. The molecule has 270 valence electrons. The number of piperazine rings is 1. The third-order valence-corrected chi connectivity index (χ3v) is 11.4. The zero-order valence-electron chi connectivity index (χ0n) is 30.3. The molecule has 1 N–H and O–H groups in total. The highest BCUT2D eigenvalue weighted by Crippen LogP contribution is 2.53. The molecule has 1 saturated carbocycles. The van der Waals surface area contributed by atoms with E-state index in [-0.39, 0.29) is 5.41 Å². The maximum absolute atomic E-state index is 14.2. The van der Waals surface area contributed by atoms with E-state index in [1.165, 1.54) is 41.9 Å². The molecule has 2 aliphatic heterocycles. The molecule has 0 bridgehead atoms. The normalized spacial score (nSPS) is 19.1. The van der Waals surface area contributed by atoms with Crippen LogP contribution < -0.4 is 19.1 Å². The molecule has 0 unspecified atom stereocenters. The molecule has 5 aromatic rings. The second kappa shape index (κ2) is 13.9. The van der Waals surface area contributed by atoms with Crippen LogP contribution in [0.1, 0.15) is 65.7 Å². The highest BCUT2D eigenvalue weighted by molar-refractivity contribution is 5.82. The third kappa shape index (κ3) is 6.39. The summed E-state index contributed by atoms with van der Waals surface area (Å²) in [6.45, 7) is 10.4. The Kier molecular flexibility index (Phi) is 9.13. The van der Waals surface area contributed by atoms with Gasteiger partial charge in [-0.15, -0.1) is 0 Å². The predicted molar refractivity (Wildman–Crippen MR) is 200 cm³/mol. The first-order valence-corrected chi connectivity index (χ1v) is 18.2. The number of anilines is 1. The first-order valence-electron chi connectivity index (χ1n) is 18.2. The quantitative estimate of drug-likeness (QED) is 0.139. The smallest absolute Gasteiger partial charge is 0.161 e. The highest BCUT2D eigenvalue weighted by Gasteiger charge is 2.55. The van der Waals surface area contributed by atoms with Gasteiger partial charge in [0.1, 0.15) is 23.0 Å². The van der Waals surface area contributed by atoms with Crippen LogP contribution in [0.3, 0.4) is 0 Å². The lowest BCUT2D eigenvalue weighted by molar-refractivity contribution is -0.0647. The topological polar surface area (TPSA) is 83.2 Å². The van der Waals surface area contributed by atoms with Crippen LogP contribution >= 0.6 is 0 Å². The van der Waals surface area contributed by atoms with Crippen LogP contribution in [0.2, 0.25) is 0 Å². The minimum absolute atomic E-state index is 0.286. The van der Waals surface area contributed by atoms with Crippen LogP contribution in [0.4, 0.5) is 10.1 Å². The summed E-state index contributed by atoms with van der Waals surface area (Å²) in [5, 5.41) is 0.347. The van der Waals surface area contributed by atoms with E-state index in [0.29, 0.717) is 46.1 Å². The average molecular weight is 704 g/mol. The number of benzene rings is 3. The van der Waals surface area contributed by atoms with Gasteiger partial charge in [0, 0.05) is 74.7 Å². The van der Waals surface area contributed by atoms with Crippen LogP contribution in [0.25, 0.3) is 11.0 Å². The minimum Gasteiger partial charge on any atom is -0.493 e. The van der Waals surface area contributed by atoms with E-state index in [1.807, 2.05) is 18.2 Å². The second-order valence-corrected chi connectivity index (χ2v) is 15.0. The van der Waals surface area contributed by atoms with Gasteiger partial charge in [0.05, 0.1) is 31.4 Å². The van der Waals surface area contributed by atoms with Crippen LogP contribution in [-0.4, -0.2) is 79.0 Å². The van der Waals surface area contributed by atoms with Crippen LogP contribution in [-0.2, 0) is 6.54 Å². The maximum atomic E-state index is 14.2. The Morgan fingerprint density at radius 3 is 2.56 bits per heavy atom. The standard InChI is InChI=1S/C42H46FN5O4/c1-27(2)33-7-5-6-8-34(33)37-23-46(22-28-9-12-38(50-3)40(15-28)51-4)13-14-48(37)31-18-42(19-31)25-47(26-42)30-11-10-29(24-49)39(16-30)52-32-17-35-36(43)21-45-41(35)44-20-32/h5-12,15-17,20-21,24,27,31,37H,13-14,18-19,22-23,25-26H2,1-4H3,(H,44,45)/t37-/m1/s1. The Morgan fingerprint density at radius 1 is 0.981 bits per heavy atom. The number of nitrogens with one attached hydrogen (secondary N) is 1. The van der Waals surface area contributed by atoms with Crippen molar-refractivity contribution in [1.82, 2.24) is 19.8 Å². The second-order valence-electron chi connectivity index (χ2n) is 15.0. The summed E-state index contributed by atoms with van der Waals surface area (Å²) in [5.74, 6) is 2.39. The summed E-state index contributed by atoms with van der Waals surface area (Å²) >= 11 is 0. The summed E-state index contributed by atoms with van der Waals surface area (Å²) in [7, 11) is 3.36. The molecule has 1 spiro atoms. The third-order valence-electron chi connectivity index (χ3n) is 11.4. The number of pyridine rings is 1. The molecule has 0 radical (unpaired) electrons. The number of rotatable bonds is 11. The van der Waals surface area contributed by atoms with E-state index in [1.54, 1.807) is 26.4 Å². The summed E-state index contributed by atoms with van der Waals surface area (Å²) in [5.41, 5.74) is 6.29. The van der Waals surface area contributed by atoms with Gasteiger partial charge in [-0.05, 0) is 65.8 Å². The highest BCUT2D eigenvalue weighted by atomic mass is 19.1. The molecule has 3 aromatic carbocycles. The van der Waals surface area contributed by atoms with Gasteiger partial charge in [0.25, 0.3) is 0 Å². The van der Waals surface area contributed by atoms with Gasteiger partial charge in [-0.3, -0.25) is 14.6 Å². The van der Waals surface area contributed by atoms with Crippen molar-refractivity contribution in [3.8, 4) is 23.0 Å². The van der Waals surface area contributed by atoms with Crippen LogP contribution in [0.5, 0.6) is 23.0 Å². The molecule has 0 amide bonds. The molecule has 52 heavy (non-hydrogen) atoms. The Morgan fingerprint density at radius 2 is 1.79 bits per heavy atom. The van der Waals surface area contributed by atoms with E-state index in [2.05, 4.69) is 74.9 Å². The van der Waals surface area contributed by atoms with Crippen molar-refractivity contribution in [2.75, 3.05) is 51.8 Å². The molecule has 1 atom stereocenters. The molecular formula is C42H46FN5O4. The molecule has 10 heteroatoms. The van der Waals surface area contributed by atoms with E-state index in [4.69, 9.17) is 14.2 Å². The number of H-pyrrole nitrogens is 1. The van der Waals surface area contributed by atoms with Crippen molar-refractivity contribution in [1.29, 1.82) is 0 Å². The number of aromatic amines is 1. The predicted octanol–water partition coefficient (Wildman–Crippen LogP) is 7.98. The number of nitrogens with zero attached hydrogens (tertiary/aromatic N) is 4. The lowest BCUT2D eigenvalue weighted by atomic mass is 9.59. The Balaban J connectivity index is 0.957. The molecule has 3 fully saturated rings. The molecule has 9 nitrogen and oxygen atoms in total. The number of aromatic nitrogens is 2. The van der Waals surface area contributed by atoms with Crippen molar-refractivity contribution < 1.29 is 23.4 Å². The minimum atomic E-state index is -0.395. The SMILES string of the molecule is COc1ccc(CN2CCN(C3CC4(C3)CN(c3ccc(C=O)c(Oc5cnc6[nH]cc(F)c6c5)c3)C4)[C@@H](c3ccccc3C(C)C)C2)cc1OC. The first kappa shape index (κ1) is 34.2. The fraction of sp³-hybridized carbons (Fsp3) is 0.381. The summed E-state index contributed by atoms with van der Waals surface area (Å²) in [4.78, 5) is 26.7. The maximum Gasteiger partial charge on any atom is 0.161 e. The molecule has 8 rings (SSSR count). The monoisotopic (exact) mass is 703 g/mol. The fourth-order valence-electron chi connectivity index (χ4n) is 8.71. The van der Waals surface area contributed by atoms with Gasteiger partial charge in [0.15, 0.2) is 17.8 Å². The zero-order chi connectivity index (χ0) is 36.0. The lowest BCUT2D eigenvalue weighted by Gasteiger charge is -2.63. The number of hydrogen-bond donors (Lipinski definition) is 1. The van der Waals surface area contributed by atoms with E-state index >= 15 is 0 Å². The Hall–Kier alpha value is -4.93. The van der Waals surface area contributed by atoms with Crippen molar-refractivity contribution in [3.63, 3.8) is 0 Å². The Labute approximate surface area is 304 Å². The van der Waals surface area contributed by atoms with Gasteiger partial charge in [-0.1, -0.05) is 44.2 Å². The largest absolute Gasteiger partial charge is 0.493 e. The van der Waals surface area contributed by atoms with Gasteiger partial charge in [-0.25, -0.2) is 9.37 Å². The summed E-state index contributed by atoms with van der Waals surface area (Å²) in [6, 6.07) is 23.4. The van der Waals surface area contributed by atoms with Crippen molar-refractivity contribution in [3.05, 3.63) is 107 Å². The molecule has 3 aliphatic rings. The number of hydrogen-bond acceptors (Lipinski definition) is 8. The van der Waals surface area contributed by atoms with Gasteiger partial charge < -0.3 is 24.1 Å². The Bertz CT molecular complexity index is 2080. The number of carbonyl (C=O) groups is 1. The van der Waals surface area contributed by atoms with Crippen LogP contribution in [0, 0.1) is 11.2 Å². The fourth-order valence-corrected chi connectivity index (χ4v) is 8.71. The number of carbonyl (C=O) groups excluding carboxylic acids is 1.